The van der Waals surface area contributed by atoms with Crippen LogP contribution in [0.25, 0.3) is 0 Å². The van der Waals surface area contributed by atoms with Gasteiger partial charge in [0.1, 0.15) is 0 Å². The molecule has 0 unspecified atom stereocenters. The Morgan fingerprint density at radius 1 is 1.06 bits per heavy atom. The lowest BCUT2D eigenvalue weighted by Gasteiger charge is -2.33. The van der Waals surface area contributed by atoms with E-state index in [9.17, 15) is 9.59 Å². The van der Waals surface area contributed by atoms with E-state index >= 15 is 0 Å². The molecule has 2 amide bonds. The lowest BCUT2D eigenvalue weighted by Crippen LogP contribution is -2.50. The summed E-state index contributed by atoms with van der Waals surface area (Å²) in [7, 11) is 3.15. The van der Waals surface area contributed by atoms with Gasteiger partial charge in [0, 0.05) is 25.2 Å². The van der Waals surface area contributed by atoms with Gasteiger partial charge < -0.3 is 19.5 Å². The van der Waals surface area contributed by atoms with E-state index in [-0.39, 0.29) is 17.9 Å². The lowest BCUT2D eigenvalue weighted by molar-refractivity contribution is -0.128. The first-order valence-electron chi connectivity index (χ1n) is 11.8. The number of rotatable bonds is 12. The highest BCUT2D eigenvalue weighted by atomic mass is 16.5. The summed E-state index contributed by atoms with van der Waals surface area (Å²) in [6.45, 7) is 3.16. The van der Waals surface area contributed by atoms with Crippen LogP contribution in [0.3, 0.4) is 0 Å². The summed E-state index contributed by atoms with van der Waals surface area (Å²) in [4.78, 5) is 27.3. The number of hydrogen-bond acceptors (Lipinski definition) is 7. The van der Waals surface area contributed by atoms with Crippen LogP contribution in [0.2, 0.25) is 0 Å². The first-order valence-corrected chi connectivity index (χ1v) is 11.8. The van der Waals surface area contributed by atoms with Crippen molar-refractivity contribution in [2.75, 3.05) is 47.1 Å². The molecule has 0 bridgehead atoms. The number of carbonyl (C=O) groups is 2. The highest BCUT2D eigenvalue weighted by Crippen LogP contribution is 2.26. The van der Waals surface area contributed by atoms with Crippen LogP contribution in [0, 0.1) is 0 Å². The van der Waals surface area contributed by atoms with E-state index in [1.54, 1.807) is 44.7 Å². The third-order valence-corrected chi connectivity index (χ3v) is 5.81. The van der Waals surface area contributed by atoms with Crippen molar-refractivity contribution in [1.82, 2.24) is 15.6 Å². The van der Waals surface area contributed by atoms with Gasteiger partial charge in [-0.05, 0) is 55.2 Å². The number of morpholine rings is 1. The van der Waals surface area contributed by atoms with Crippen LogP contribution in [-0.2, 0) is 9.53 Å². The van der Waals surface area contributed by atoms with Crippen molar-refractivity contribution in [3.8, 4) is 11.5 Å². The van der Waals surface area contributed by atoms with E-state index in [1.165, 1.54) is 0 Å². The maximum absolute atomic E-state index is 13.0. The predicted molar refractivity (Wildman–Crippen MR) is 134 cm³/mol. The Labute approximate surface area is 206 Å². The number of nitrogens with zero attached hydrogens (tertiary/aromatic N) is 2. The zero-order chi connectivity index (χ0) is 24.9. The van der Waals surface area contributed by atoms with Gasteiger partial charge in [0.05, 0.1) is 39.7 Å². The van der Waals surface area contributed by atoms with Gasteiger partial charge in [-0.15, -0.1) is 0 Å². The van der Waals surface area contributed by atoms with Crippen LogP contribution < -0.4 is 20.2 Å². The van der Waals surface area contributed by atoms with Gasteiger partial charge in [-0.3, -0.25) is 14.5 Å². The van der Waals surface area contributed by atoms with E-state index < -0.39 is 0 Å². The Bertz CT molecular complexity index is 977. The molecule has 0 spiro atoms. The fraction of sp³-hybridized carbons (Fsp3) is 0.423. The molecule has 1 aliphatic rings. The maximum atomic E-state index is 13.0. The Hall–Kier alpha value is -3.43. The van der Waals surface area contributed by atoms with Crippen LogP contribution in [0.15, 0.2) is 53.6 Å². The molecule has 1 atom stereocenters. The molecular formula is C26H34N4O5. The van der Waals surface area contributed by atoms with E-state index in [1.807, 2.05) is 24.3 Å². The van der Waals surface area contributed by atoms with Gasteiger partial charge in [0.15, 0.2) is 11.5 Å². The number of nitrogens with one attached hydrogen (secondary N) is 2. The average Bonchev–Trinajstić information content (AvgIpc) is 2.91. The molecule has 9 heteroatoms. The van der Waals surface area contributed by atoms with Crippen molar-refractivity contribution >= 4 is 18.0 Å². The van der Waals surface area contributed by atoms with Crippen LogP contribution in [0.1, 0.15) is 35.2 Å². The van der Waals surface area contributed by atoms with E-state index in [4.69, 9.17) is 14.2 Å². The summed E-state index contributed by atoms with van der Waals surface area (Å²) < 4.78 is 16.0. The van der Waals surface area contributed by atoms with Gasteiger partial charge in [-0.25, -0.2) is 5.43 Å². The minimum Gasteiger partial charge on any atom is -0.493 e. The molecule has 0 aromatic heterocycles. The smallest absolute Gasteiger partial charge is 0.257 e. The molecule has 0 aliphatic carbocycles. The molecule has 35 heavy (non-hydrogen) atoms. The number of hydrazone groups is 1. The maximum Gasteiger partial charge on any atom is 0.257 e. The summed E-state index contributed by atoms with van der Waals surface area (Å²) in [5, 5.41) is 7.09. The summed E-state index contributed by atoms with van der Waals surface area (Å²) in [5.74, 6) is 0.976. The third-order valence-electron chi connectivity index (χ3n) is 5.81. The first kappa shape index (κ1) is 26.2. The Kier molecular flexibility index (Phi) is 10.5. The van der Waals surface area contributed by atoms with Crippen LogP contribution in [0.4, 0.5) is 0 Å². The lowest BCUT2D eigenvalue weighted by atomic mass is 10.1. The molecule has 2 aromatic carbocycles. The predicted octanol–water partition coefficient (Wildman–Crippen LogP) is 2.46. The van der Waals surface area contributed by atoms with Crippen molar-refractivity contribution < 1.29 is 23.8 Å². The fourth-order valence-electron chi connectivity index (χ4n) is 3.90. The van der Waals surface area contributed by atoms with Gasteiger partial charge in [0.2, 0.25) is 0 Å². The molecule has 1 aliphatic heterocycles. The quantitative estimate of drug-likeness (QED) is 0.274. The van der Waals surface area contributed by atoms with Gasteiger partial charge in [-0.2, -0.15) is 5.10 Å². The highest BCUT2D eigenvalue weighted by molar-refractivity contribution is 5.94. The average molecular weight is 483 g/mol. The number of ether oxygens (including phenoxy) is 3. The van der Waals surface area contributed by atoms with Crippen molar-refractivity contribution in [2.24, 2.45) is 5.10 Å². The summed E-state index contributed by atoms with van der Waals surface area (Å²) >= 11 is 0. The van der Waals surface area contributed by atoms with Crippen LogP contribution in [-0.4, -0.2) is 76.0 Å². The molecule has 9 nitrogen and oxygen atoms in total. The molecule has 0 saturated carbocycles. The standard InChI is InChI=1S/C26H34N4O5/c1-33-23-12-11-20(18-24(23)34-2)19-28-29-26(32)22(30-14-16-35-17-15-30)10-6-7-13-27-25(31)21-8-4-3-5-9-21/h3-5,8-9,11-12,18-19,22H,6-7,10,13-17H2,1-2H3,(H,27,31)(H,29,32)/b28-19+/t22-/m1/s1. The Morgan fingerprint density at radius 3 is 2.51 bits per heavy atom. The molecule has 188 valence electrons. The molecule has 1 heterocycles. The second kappa shape index (κ2) is 14.1. The number of carbonyl (C=O) groups excluding carboxylic acids is 2. The van der Waals surface area contributed by atoms with Crippen molar-refractivity contribution in [3.05, 3.63) is 59.7 Å². The van der Waals surface area contributed by atoms with E-state index in [0.717, 1.165) is 18.4 Å². The molecule has 0 radical (unpaired) electrons. The highest BCUT2D eigenvalue weighted by Gasteiger charge is 2.26. The third kappa shape index (κ3) is 8.08. The molecule has 3 rings (SSSR count). The molecular weight excluding hydrogens is 448 g/mol. The summed E-state index contributed by atoms with van der Waals surface area (Å²) in [6, 6.07) is 14.2. The summed E-state index contributed by atoms with van der Waals surface area (Å²) in [6.07, 6.45) is 3.82. The molecule has 1 saturated heterocycles. The normalized spacial score (nSPS) is 14.9. The fourth-order valence-corrected chi connectivity index (χ4v) is 3.90. The monoisotopic (exact) mass is 482 g/mol. The molecule has 2 aromatic rings. The van der Waals surface area contributed by atoms with Gasteiger partial charge in [0.25, 0.3) is 11.8 Å². The second-order valence-electron chi connectivity index (χ2n) is 8.13. The van der Waals surface area contributed by atoms with Crippen molar-refractivity contribution in [2.45, 2.75) is 25.3 Å². The first-order chi connectivity index (χ1) is 17.1. The Balaban J connectivity index is 1.51. The number of benzene rings is 2. The van der Waals surface area contributed by atoms with E-state index in [2.05, 4.69) is 20.7 Å². The van der Waals surface area contributed by atoms with Gasteiger partial charge in [-0.1, -0.05) is 18.2 Å². The summed E-state index contributed by atoms with van der Waals surface area (Å²) in [5.41, 5.74) is 4.10. The van der Waals surface area contributed by atoms with Gasteiger partial charge >= 0.3 is 0 Å². The minimum absolute atomic E-state index is 0.0856. The van der Waals surface area contributed by atoms with Crippen molar-refractivity contribution in [1.29, 1.82) is 0 Å². The largest absolute Gasteiger partial charge is 0.493 e. The zero-order valence-electron chi connectivity index (χ0n) is 20.4. The van der Waals surface area contributed by atoms with E-state index in [0.29, 0.717) is 56.3 Å². The van der Waals surface area contributed by atoms with Crippen molar-refractivity contribution in [3.63, 3.8) is 0 Å². The van der Waals surface area contributed by atoms with Crippen LogP contribution >= 0.6 is 0 Å². The molecule has 2 N–H and O–H groups in total. The minimum atomic E-state index is -0.314. The topological polar surface area (TPSA) is 101 Å². The number of methoxy groups -OCH3 is 2. The second-order valence-corrected chi connectivity index (χ2v) is 8.13. The van der Waals surface area contributed by atoms with Crippen LogP contribution in [0.5, 0.6) is 11.5 Å². The molecule has 1 fully saturated rings. The number of hydrogen-bond donors (Lipinski definition) is 2. The number of amides is 2. The Morgan fingerprint density at radius 2 is 1.80 bits per heavy atom. The SMILES string of the molecule is COc1ccc(/C=N/NC(=O)[C@@H](CCCCNC(=O)c2ccccc2)N2CCOCC2)cc1OC. The number of unbranched alkanes of at least 4 members (excludes halogenated alkanes) is 1. The zero-order valence-corrected chi connectivity index (χ0v) is 20.4.